The Kier molecular flexibility index (Phi) is 5.49. The highest BCUT2D eigenvalue weighted by atomic mass is 19.4. The second-order valence-corrected chi connectivity index (χ2v) is 7.40. The summed E-state index contributed by atoms with van der Waals surface area (Å²) in [6.45, 7) is 1.59. The quantitative estimate of drug-likeness (QED) is 0.477. The third-order valence-electron chi connectivity index (χ3n) is 5.46. The first-order valence-corrected chi connectivity index (χ1v) is 9.94. The van der Waals surface area contributed by atoms with Gasteiger partial charge < -0.3 is 5.11 Å². The number of alkyl halides is 3. The maximum absolute atomic E-state index is 13.2. The second-order valence-electron chi connectivity index (χ2n) is 7.40. The van der Waals surface area contributed by atoms with E-state index >= 15 is 0 Å². The lowest BCUT2D eigenvalue weighted by Gasteiger charge is -2.26. The number of benzene rings is 2. The molecule has 2 aromatic carbocycles. The number of rotatable bonds is 6. The van der Waals surface area contributed by atoms with Crippen molar-refractivity contribution in [3.05, 3.63) is 78.2 Å². The smallest absolute Gasteiger partial charge is 0.375 e. The van der Waals surface area contributed by atoms with Gasteiger partial charge in [-0.2, -0.15) is 13.2 Å². The van der Waals surface area contributed by atoms with Crippen LogP contribution >= 0.6 is 0 Å². The normalized spacial score (nSPS) is 14.0. The van der Waals surface area contributed by atoms with E-state index in [-0.39, 0.29) is 0 Å². The first-order chi connectivity index (χ1) is 14.8. The van der Waals surface area contributed by atoms with Gasteiger partial charge in [-0.3, -0.25) is 9.67 Å². The molecule has 8 heteroatoms. The van der Waals surface area contributed by atoms with Gasteiger partial charge >= 0.3 is 6.18 Å². The summed E-state index contributed by atoms with van der Waals surface area (Å²) in [6, 6.07) is 18.0. The van der Waals surface area contributed by atoms with Crippen molar-refractivity contribution in [1.82, 2.24) is 20.0 Å². The zero-order chi connectivity index (χ0) is 22.1. The van der Waals surface area contributed by atoms with Gasteiger partial charge in [0.05, 0.1) is 11.7 Å². The van der Waals surface area contributed by atoms with Gasteiger partial charge in [0.2, 0.25) is 5.60 Å². The molecule has 2 heterocycles. The SMILES string of the molecule is CC[C@](O)(c1cn(CCc2ccc3c(-c4ccccc4)ccnc3c2)nn1)C(F)(F)F. The van der Waals surface area contributed by atoms with Gasteiger partial charge in [0, 0.05) is 18.1 Å². The molecule has 0 aliphatic heterocycles. The predicted molar refractivity (Wildman–Crippen MR) is 111 cm³/mol. The van der Waals surface area contributed by atoms with Gasteiger partial charge in [0.25, 0.3) is 0 Å². The Labute approximate surface area is 177 Å². The fourth-order valence-electron chi connectivity index (χ4n) is 3.59. The topological polar surface area (TPSA) is 63.8 Å². The Bertz CT molecular complexity index is 1190. The number of aliphatic hydroxyl groups is 1. The lowest BCUT2D eigenvalue weighted by atomic mass is 9.96. The minimum atomic E-state index is -4.82. The van der Waals surface area contributed by atoms with Gasteiger partial charge in [0.15, 0.2) is 0 Å². The first-order valence-electron chi connectivity index (χ1n) is 9.94. The standard InChI is InChI=1S/C23H21F3N4O/c1-2-22(31,23(24,25)26)21-15-30(29-28-21)13-11-16-8-9-19-18(10-12-27-20(19)14-16)17-6-4-3-5-7-17/h3-10,12,14-15,31H,2,11,13H2,1H3/t22-/m0/s1. The number of aromatic nitrogens is 4. The van der Waals surface area contributed by atoms with Crippen molar-refractivity contribution in [2.24, 2.45) is 0 Å². The molecule has 0 spiro atoms. The molecule has 0 saturated heterocycles. The van der Waals surface area contributed by atoms with Gasteiger partial charge in [-0.1, -0.05) is 54.6 Å². The number of hydrogen-bond acceptors (Lipinski definition) is 4. The number of hydrogen-bond donors (Lipinski definition) is 1. The average Bonchev–Trinajstić information content (AvgIpc) is 3.26. The van der Waals surface area contributed by atoms with Crippen LogP contribution in [-0.4, -0.2) is 31.3 Å². The summed E-state index contributed by atoms with van der Waals surface area (Å²) in [4.78, 5) is 4.46. The van der Waals surface area contributed by atoms with E-state index in [9.17, 15) is 18.3 Å². The Morgan fingerprint density at radius 1 is 1.03 bits per heavy atom. The van der Waals surface area contributed by atoms with Crippen molar-refractivity contribution in [2.45, 2.75) is 38.1 Å². The molecular weight excluding hydrogens is 405 g/mol. The summed E-state index contributed by atoms with van der Waals surface area (Å²) in [5.41, 5.74) is 0.524. The lowest BCUT2D eigenvalue weighted by Crippen LogP contribution is -2.42. The van der Waals surface area contributed by atoms with Gasteiger partial charge in [-0.15, -0.1) is 5.10 Å². The Morgan fingerprint density at radius 2 is 1.81 bits per heavy atom. The third-order valence-corrected chi connectivity index (χ3v) is 5.46. The van der Waals surface area contributed by atoms with Crippen LogP contribution in [0.2, 0.25) is 0 Å². The maximum Gasteiger partial charge on any atom is 0.423 e. The zero-order valence-corrected chi connectivity index (χ0v) is 16.8. The fraction of sp³-hybridized carbons (Fsp3) is 0.261. The number of nitrogens with zero attached hydrogens (tertiary/aromatic N) is 4. The van der Waals surface area contributed by atoms with E-state index in [4.69, 9.17) is 0 Å². The van der Waals surface area contributed by atoms with E-state index in [0.29, 0.717) is 13.0 Å². The Morgan fingerprint density at radius 3 is 2.52 bits per heavy atom. The molecular formula is C23H21F3N4O. The molecule has 0 unspecified atom stereocenters. The summed E-state index contributed by atoms with van der Waals surface area (Å²) in [5.74, 6) is 0. The van der Waals surface area contributed by atoms with Crippen molar-refractivity contribution in [3.8, 4) is 11.1 Å². The van der Waals surface area contributed by atoms with E-state index in [1.54, 1.807) is 6.20 Å². The molecule has 0 bridgehead atoms. The molecule has 160 valence electrons. The van der Waals surface area contributed by atoms with E-state index in [2.05, 4.69) is 15.3 Å². The van der Waals surface area contributed by atoms with Gasteiger partial charge in [-0.05, 0) is 41.7 Å². The van der Waals surface area contributed by atoms with Crippen LogP contribution in [0.1, 0.15) is 24.6 Å². The number of pyridine rings is 1. The molecule has 5 nitrogen and oxygen atoms in total. The molecule has 0 fully saturated rings. The van der Waals surface area contributed by atoms with Crippen LogP contribution in [0.15, 0.2) is 67.0 Å². The van der Waals surface area contributed by atoms with E-state index < -0.39 is 23.9 Å². The highest BCUT2D eigenvalue weighted by Gasteiger charge is 2.55. The molecule has 1 atom stereocenters. The highest BCUT2D eigenvalue weighted by molar-refractivity contribution is 5.94. The number of fused-ring (bicyclic) bond motifs is 1. The third kappa shape index (κ3) is 4.03. The van der Waals surface area contributed by atoms with Gasteiger partial charge in [-0.25, -0.2) is 0 Å². The van der Waals surface area contributed by atoms with Crippen LogP contribution in [0.3, 0.4) is 0 Å². The average molecular weight is 426 g/mol. The van der Waals surface area contributed by atoms with Crippen molar-refractivity contribution in [2.75, 3.05) is 0 Å². The van der Waals surface area contributed by atoms with E-state index in [1.165, 1.54) is 11.6 Å². The minimum absolute atomic E-state index is 0.328. The summed E-state index contributed by atoms with van der Waals surface area (Å²) in [6.07, 6.45) is -1.89. The lowest BCUT2D eigenvalue weighted by molar-refractivity contribution is -0.269. The number of aryl methyl sites for hydroxylation is 2. The van der Waals surface area contributed by atoms with Crippen molar-refractivity contribution in [1.29, 1.82) is 0 Å². The minimum Gasteiger partial charge on any atom is -0.375 e. The number of halogens is 3. The van der Waals surface area contributed by atoms with Crippen molar-refractivity contribution >= 4 is 10.9 Å². The first kappa shape index (κ1) is 21.0. The molecule has 2 aromatic heterocycles. The molecule has 0 radical (unpaired) electrons. The van der Waals surface area contributed by atoms with Crippen molar-refractivity contribution in [3.63, 3.8) is 0 Å². The second kappa shape index (κ2) is 8.11. The predicted octanol–water partition coefficient (Wildman–Crippen LogP) is 4.90. The Hall–Kier alpha value is -3.26. The fourth-order valence-corrected chi connectivity index (χ4v) is 3.59. The van der Waals surface area contributed by atoms with Crippen LogP contribution in [0.5, 0.6) is 0 Å². The summed E-state index contributed by atoms with van der Waals surface area (Å²) in [7, 11) is 0. The molecule has 4 rings (SSSR count). The largest absolute Gasteiger partial charge is 0.423 e. The van der Waals surface area contributed by atoms with Crippen LogP contribution in [0.25, 0.3) is 22.0 Å². The maximum atomic E-state index is 13.2. The molecule has 0 aliphatic carbocycles. The van der Waals surface area contributed by atoms with Gasteiger partial charge in [0.1, 0.15) is 5.69 Å². The molecule has 0 saturated carbocycles. The van der Waals surface area contributed by atoms with Crippen LogP contribution in [0.4, 0.5) is 13.2 Å². The molecule has 0 amide bonds. The zero-order valence-electron chi connectivity index (χ0n) is 16.8. The summed E-state index contributed by atoms with van der Waals surface area (Å²) < 4.78 is 41.0. The molecule has 1 N–H and O–H groups in total. The van der Waals surface area contributed by atoms with Crippen LogP contribution in [-0.2, 0) is 18.6 Å². The molecule has 0 aliphatic rings. The highest BCUT2D eigenvalue weighted by Crippen LogP contribution is 2.40. The van der Waals surface area contributed by atoms with Crippen LogP contribution in [0, 0.1) is 0 Å². The van der Waals surface area contributed by atoms with Crippen molar-refractivity contribution < 1.29 is 18.3 Å². The summed E-state index contributed by atoms with van der Waals surface area (Å²) >= 11 is 0. The molecule has 4 aromatic rings. The monoisotopic (exact) mass is 426 g/mol. The summed E-state index contributed by atoms with van der Waals surface area (Å²) in [5, 5.41) is 18.4. The van der Waals surface area contributed by atoms with E-state index in [1.807, 2.05) is 54.6 Å². The van der Waals surface area contributed by atoms with Crippen LogP contribution < -0.4 is 0 Å². The Balaban J connectivity index is 1.54. The molecule has 31 heavy (non-hydrogen) atoms. The van der Waals surface area contributed by atoms with E-state index in [0.717, 1.165) is 33.8 Å².